The zero-order valence-electron chi connectivity index (χ0n) is 20.7. The van der Waals surface area contributed by atoms with Gasteiger partial charge in [0.25, 0.3) is 5.91 Å². The van der Waals surface area contributed by atoms with Gasteiger partial charge in [0, 0.05) is 20.6 Å². The van der Waals surface area contributed by atoms with Gasteiger partial charge < -0.3 is 4.74 Å². The fourth-order valence-corrected chi connectivity index (χ4v) is 6.55. The van der Waals surface area contributed by atoms with Crippen LogP contribution in [0.25, 0.3) is 6.08 Å². The van der Waals surface area contributed by atoms with E-state index >= 15 is 0 Å². The second-order valence-electron chi connectivity index (χ2n) is 8.76. The van der Waals surface area contributed by atoms with E-state index in [0.717, 1.165) is 31.2 Å². The first-order valence-electron chi connectivity index (χ1n) is 12.2. The van der Waals surface area contributed by atoms with Crippen molar-refractivity contribution in [1.29, 1.82) is 0 Å². The summed E-state index contributed by atoms with van der Waals surface area (Å²) in [6, 6.07) is 31.4. The Labute approximate surface area is 254 Å². The van der Waals surface area contributed by atoms with E-state index in [0.29, 0.717) is 40.5 Å². The summed E-state index contributed by atoms with van der Waals surface area (Å²) in [6.07, 6.45) is 1.87. The van der Waals surface area contributed by atoms with Gasteiger partial charge in [-0.25, -0.2) is 0 Å². The molecule has 0 radical (unpaired) electrons. The lowest BCUT2D eigenvalue weighted by Gasteiger charge is -2.16. The molecule has 0 saturated carbocycles. The number of rotatable bonds is 8. The molecule has 4 nitrogen and oxygen atoms in total. The molecule has 4 aromatic rings. The van der Waals surface area contributed by atoms with Crippen molar-refractivity contribution in [2.24, 2.45) is 4.99 Å². The maximum Gasteiger partial charge on any atom is 0.267 e. The monoisotopic (exact) mass is 680 g/mol. The molecule has 0 aromatic heterocycles. The molecule has 0 atom stereocenters. The summed E-state index contributed by atoms with van der Waals surface area (Å²) in [4.78, 5) is 20.9. The van der Waals surface area contributed by atoms with Crippen molar-refractivity contribution < 1.29 is 9.53 Å². The van der Waals surface area contributed by atoms with Crippen LogP contribution in [0.2, 0.25) is 5.02 Å². The van der Waals surface area contributed by atoms with Gasteiger partial charge in [-0.2, -0.15) is 0 Å². The van der Waals surface area contributed by atoms with Crippen LogP contribution in [0.1, 0.15) is 22.3 Å². The highest BCUT2D eigenvalue weighted by Gasteiger charge is 2.33. The number of nitrogens with zero attached hydrogens (tertiary/aromatic N) is 2. The van der Waals surface area contributed by atoms with Crippen LogP contribution in [-0.2, 0) is 24.5 Å². The third kappa shape index (κ3) is 7.03. The zero-order chi connectivity index (χ0) is 27.2. The van der Waals surface area contributed by atoms with Crippen LogP contribution in [0, 0.1) is 0 Å². The van der Waals surface area contributed by atoms with E-state index in [9.17, 15) is 4.79 Å². The van der Waals surface area contributed by atoms with E-state index in [-0.39, 0.29) is 5.91 Å². The Morgan fingerprint density at radius 3 is 2.28 bits per heavy atom. The van der Waals surface area contributed by atoms with E-state index in [2.05, 4.69) is 31.9 Å². The number of halogens is 3. The lowest BCUT2D eigenvalue weighted by molar-refractivity contribution is -0.122. The summed E-state index contributed by atoms with van der Waals surface area (Å²) in [7, 11) is 0. The van der Waals surface area contributed by atoms with Crippen LogP contribution >= 0.6 is 55.2 Å². The molecule has 1 fully saturated rings. The topological polar surface area (TPSA) is 41.9 Å². The van der Waals surface area contributed by atoms with Crippen LogP contribution in [0.5, 0.6) is 5.75 Å². The molecular formula is C31H23Br2ClN2O2S. The van der Waals surface area contributed by atoms with Gasteiger partial charge in [-0.3, -0.25) is 14.7 Å². The first-order chi connectivity index (χ1) is 19.0. The van der Waals surface area contributed by atoms with Crippen molar-refractivity contribution in [2.75, 3.05) is 0 Å². The molecule has 1 heterocycles. The Kier molecular flexibility index (Phi) is 9.24. The van der Waals surface area contributed by atoms with Crippen LogP contribution < -0.4 is 4.74 Å². The van der Waals surface area contributed by atoms with E-state index in [4.69, 9.17) is 21.3 Å². The molecule has 0 unspecified atom stereocenters. The summed E-state index contributed by atoms with van der Waals surface area (Å²) < 4.78 is 7.86. The minimum Gasteiger partial charge on any atom is -0.487 e. The van der Waals surface area contributed by atoms with Crippen molar-refractivity contribution in [1.82, 2.24) is 4.90 Å². The van der Waals surface area contributed by atoms with Crippen molar-refractivity contribution in [3.8, 4) is 5.75 Å². The Balaban J connectivity index is 1.47. The normalized spacial score (nSPS) is 15.4. The summed E-state index contributed by atoms with van der Waals surface area (Å²) in [5.41, 5.74) is 3.77. The number of amidine groups is 1. The molecular weight excluding hydrogens is 660 g/mol. The number of hydrogen-bond acceptors (Lipinski definition) is 4. The van der Waals surface area contributed by atoms with Crippen LogP contribution in [0.15, 0.2) is 116 Å². The van der Waals surface area contributed by atoms with Gasteiger partial charge in [0.15, 0.2) is 5.17 Å². The molecule has 1 saturated heterocycles. The summed E-state index contributed by atoms with van der Waals surface area (Å²) in [5, 5.41) is 1.31. The first-order valence-corrected chi connectivity index (χ1v) is 14.9. The SMILES string of the molecule is O=C1/C(=C\c2cc(Br)cc(Br)c2OCc2ccccc2Cl)SC(=NCc2ccccc2)N1Cc1ccccc1. The molecule has 4 aromatic carbocycles. The van der Waals surface area contributed by atoms with Gasteiger partial charge in [-0.05, 0) is 63.1 Å². The van der Waals surface area contributed by atoms with Crippen LogP contribution in [-0.4, -0.2) is 16.0 Å². The first kappa shape index (κ1) is 27.7. The van der Waals surface area contributed by atoms with Gasteiger partial charge in [0.05, 0.1) is 22.5 Å². The molecule has 1 aliphatic heterocycles. The third-order valence-electron chi connectivity index (χ3n) is 5.96. The van der Waals surface area contributed by atoms with Crippen molar-refractivity contribution in [3.05, 3.63) is 138 Å². The fraction of sp³-hybridized carbons (Fsp3) is 0.0968. The Bertz CT molecular complexity index is 1550. The van der Waals surface area contributed by atoms with E-state index in [1.54, 1.807) is 4.90 Å². The van der Waals surface area contributed by atoms with E-state index in [1.165, 1.54) is 11.8 Å². The molecule has 8 heteroatoms. The van der Waals surface area contributed by atoms with Gasteiger partial charge in [-0.15, -0.1) is 0 Å². The largest absolute Gasteiger partial charge is 0.487 e. The number of benzene rings is 4. The van der Waals surface area contributed by atoms with Crippen molar-refractivity contribution in [2.45, 2.75) is 19.7 Å². The highest BCUT2D eigenvalue weighted by atomic mass is 79.9. The zero-order valence-corrected chi connectivity index (χ0v) is 25.4. The van der Waals surface area contributed by atoms with Gasteiger partial charge in [0.1, 0.15) is 12.4 Å². The Morgan fingerprint density at radius 2 is 1.56 bits per heavy atom. The van der Waals surface area contributed by atoms with Gasteiger partial charge >= 0.3 is 0 Å². The van der Waals surface area contributed by atoms with E-state index in [1.807, 2.05) is 103 Å². The Morgan fingerprint density at radius 1 is 0.897 bits per heavy atom. The number of amides is 1. The smallest absolute Gasteiger partial charge is 0.267 e. The lowest BCUT2D eigenvalue weighted by atomic mass is 10.1. The minimum absolute atomic E-state index is 0.0937. The number of ether oxygens (including phenoxy) is 1. The second-order valence-corrected chi connectivity index (χ2v) is 11.9. The van der Waals surface area contributed by atoms with Crippen molar-refractivity contribution >= 4 is 72.4 Å². The number of carbonyl (C=O) groups is 1. The Hall–Kier alpha value is -2.84. The summed E-state index contributed by atoms with van der Waals surface area (Å²) >= 11 is 14.9. The molecule has 0 bridgehead atoms. The average Bonchev–Trinajstić information content (AvgIpc) is 3.22. The standard InChI is InChI=1S/C31H23Br2ClN2O2S/c32-25-15-24(29(26(33)17-25)38-20-23-13-7-8-14-27(23)34)16-28-30(37)36(19-22-11-5-2-6-12-22)31(39-28)35-18-21-9-3-1-4-10-21/h1-17H,18-20H2/b28-16+,35-31?. The molecule has 1 amide bonds. The molecule has 0 aliphatic carbocycles. The number of hydrogen-bond donors (Lipinski definition) is 0. The number of thioether (sulfide) groups is 1. The number of aliphatic imine (C=N–C) groups is 1. The van der Waals surface area contributed by atoms with Crippen molar-refractivity contribution in [3.63, 3.8) is 0 Å². The molecule has 0 spiro atoms. The quantitative estimate of drug-likeness (QED) is 0.174. The molecule has 1 aliphatic rings. The fourth-order valence-electron chi connectivity index (χ4n) is 4.02. The molecule has 196 valence electrons. The average molecular weight is 683 g/mol. The second kappa shape index (κ2) is 13.0. The molecule has 39 heavy (non-hydrogen) atoms. The lowest BCUT2D eigenvalue weighted by Crippen LogP contribution is -2.28. The predicted octanol–water partition coefficient (Wildman–Crippen LogP) is 9.12. The maximum absolute atomic E-state index is 13.7. The maximum atomic E-state index is 13.7. The highest BCUT2D eigenvalue weighted by molar-refractivity contribution is 9.11. The summed E-state index contributed by atoms with van der Waals surface area (Å²) in [6.45, 7) is 1.22. The van der Waals surface area contributed by atoms with Gasteiger partial charge in [-0.1, -0.05) is 106 Å². The van der Waals surface area contributed by atoms with Crippen LogP contribution in [0.3, 0.4) is 0 Å². The number of carbonyl (C=O) groups excluding carboxylic acids is 1. The molecule has 5 rings (SSSR count). The predicted molar refractivity (Wildman–Crippen MR) is 168 cm³/mol. The third-order valence-corrected chi connectivity index (χ3v) is 8.42. The van der Waals surface area contributed by atoms with Gasteiger partial charge in [0.2, 0.25) is 0 Å². The van der Waals surface area contributed by atoms with E-state index < -0.39 is 0 Å². The van der Waals surface area contributed by atoms with Crippen LogP contribution in [0.4, 0.5) is 0 Å². The summed E-state index contributed by atoms with van der Waals surface area (Å²) in [5.74, 6) is 0.534. The highest BCUT2D eigenvalue weighted by Crippen LogP contribution is 2.39. The molecule has 0 N–H and O–H groups in total. The minimum atomic E-state index is -0.0937.